The van der Waals surface area contributed by atoms with Gasteiger partial charge >= 0.3 is 0 Å². The molecule has 0 bridgehead atoms. The molecule has 1 N–H and O–H groups in total. The van der Waals surface area contributed by atoms with Crippen LogP contribution in [0.15, 0.2) is 28.9 Å². The first-order chi connectivity index (χ1) is 9.10. The second-order valence-corrected chi connectivity index (χ2v) is 5.19. The van der Waals surface area contributed by atoms with Gasteiger partial charge in [0.2, 0.25) is 0 Å². The average Bonchev–Trinajstić information content (AvgIpc) is 2.37. The van der Waals surface area contributed by atoms with E-state index in [0.29, 0.717) is 17.3 Å². The first-order valence-electron chi connectivity index (χ1n) is 5.79. The van der Waals surface area contributed by atoms with Crippen LogP contribution in [0.3, 0.4) is 0 Å². The fourth-order valence-electron chi connectivity index (χ4n) is 1.62. The van der Waals surface area contributed by atoms with Crippen molar-refractivity contribution in [3.8, 4) is 0 Å². The van der Waals surface area contributed by atoms with Gasteiger partial charge in [0.15, 0.2) is 0 Å². The van der Waals surface area contributed by atoms with Crippen molar-refractivity contribution in [2.24, 2.45) is 0 Å². The average molecular weight is 345 g/mol. The lowest BCUT2D eigenvalue weighted by Gasteiger charge is -2.08. The van der Waals surface area contributed by atoms with Crippen LogP contribution in [0.1, 0.15) is 18.3 Å². The summed E-state index contributed by atoms with van der Waals surface area (Å²) in [5.41, 5.74) is 0.799. The van der Waals surface area contributed by atoms with E-state index in [4.69, 9.17) is 11.6 Å². The van der Waals surface area contributed by atoms with Crippen LogP contribution in [0.4, 0.5) is 10.2 Å². The Morgan fingerprint density at radius 1 is 1.42 bits per heavy atom. The minimum atomic E-state index is -0.348. The zero-order valence-corrected chi connectivity index (χ0v) is 12.6. The van der Waals surface area contributed by atoms with E-state index in [2.05, 4.69) is 31.2 Å². The number of nitrogens with one attached hydrogen (secondary N) is 1. The molecule has 19 heavy (non-hydrogen) atoms. The fourth-order valence-corrected chi connectivity index (χ4v) is 2.18. The summed E-state index contributed by atoms with van der Waals surface area (Å²) in [4.78, 5) is 8.63. The zero-order chi connectivity index (χ0) is 13.8. The molecule has 0 atom stereocenters. The van der Waals surface area contributed by atoms with Gasteiger partial charge in [-0.3, -0.25) is 0 Å². The highest BCUT2D eigenvalue weighted by Crippen LogP contribution is 2.22. The highest BCUT2D eigenvalue weighted by molar-refractivity contribution is 9.10. The second-order valence-electron chi connectivity index (χ2n) is 3.93. The van der Waals surface area contributed by atoms with Crippen molar-refractivity contribution in [3.63, 3.8) is 0 Å². The number of aromatic nitrogens is 2. The van der Waals surface area contributed by atoms with Crippen LogP contribution in [0.2, 0.25) is 5.02 Å². The van der Waals surface area contributed by atoms with Crippen LogP contribution in [0, 0.1) is 5.82 Å². The first-order valence-corrected chi connectivity index (χ1v) is 6.96. The third-order valence-electron chi connectivity index (χ3n) is 2.50. The van der Waals surface area contributed by atoms with Gasteiger partial charge in [-0.1, -0.05) is 17.7 Å². The lowest BCUT2D eigenvalue weighted by Crippen LogP contribution is -2.05. The van der Waals surface area contributed by atoms with Gasteiger partial charge in [0, 0.05) is 24.2 Å². The highest BCUT2D eigenvalue weighted by Gasteiger charge is 2.08. The van der Waals surface area contributed by atoms with Crippen LogP contribution in [0.25, 0.3) is 0 Å². The molecule has 6 heteroatoms. The van der Waals surface area contributed by atoms with Crippen LogP contribution >= 0.6 is 27.5 Å². The lowest BCUT2D eigenvalue weighted by molar-refractivity contribution is 0.627. The van der Waals surface area contributed by atoms with E-state index in [9.17, 15) is 4.39 Å². The molecular weight excluding hydrogens is 333 g/mol. The summed E-state index contributed by atoms with van der Waals surface area (Å²) in [5.74, 6) is 1.03. The molecule has 0 saturated carbocycles. The SMILES string of the molecule is CCNc1nc(Cc2ccc(F)cc2Cl)ncc1Br. The fraction of sp³-hybridized carbons (Fsp3) is 0.231. The van der Waals surface area contributed by atoms with E-state index in [1.165, 1.54) is 12.1 Å². The van der Waals surface area contributed by atoms with E-state index < -0.39 is 0 Å². The Kier molecular flexibility index (Phi) is 4.71. The minimum absolute atomic E-state index is 0.348. The predicted molar refractivity (Wildman–Crippen MR) is 78.1 cm³/mol. The molecule has 3 nitrogen and oxygen atoms in total. The quantitative estimate of drug-likeness (QED) is 0.909. The molecule has 0 amide bonds. The molecule has 0 aliphatic rings. The number of halogens is 3. The van der Waals surface area contributed by atoms with Gasteiger partial charge in [-0.2, -0.15) is 0 Å². The Morgan fingerprint density at radius 3 is 2.89 bits per heavy atom. The molecule has 1 aromatic heterocycles. The Hall–Kier alpha value is -1.20. The number of anilines is 1. The molecule has 1 aromatic carbocycles. The van der Waals surface area contributed by atoms with Gasteiger partial charge in [0.05, 0.1) is 4.47 Å². The lowest BCUT2D eigenvalue weighted by atomic mass is 10.1. The molecule has 0 fully saturated rings. The van der Waals surface area contributed by atoms with Crippen molar-refractivity contribution in [1.82, 2.24) is 9.97 Å². The largest absolute Gasteiger partial charge is 0.369 e. The standard InChI is InChI=1S/C13H12BrClFN3/c1-2-17-13-10(14)7-18-12(19-13)5-8-3-4-9(16)6-11(8)15/h3-4,6-7H,2,5H2,1H3,(H,17,18,19). The topological polar surface area (TPSA) is 37.8 Å². The predicted octanol–water partition coefficient (Wildman–Crippen LogP) is 4.05. The van der Waals surface area contributed by atoms with Gasteiger partial charge in [-0.15, -0.1) is 0 Å². The van der Waals surface area contributed by atoms with Crippen molar-refractivity contribution in [2.45, 2.75) is 13.3 Å². The van der Waals surface area contributed by atoms with Gasteiger partial charge < -0.3 is 5.32 Å². The number of rotatable bonds is 4. The molecule has 100 valence electrons. The van der Waals surface area contributed by atoms with Crippen molar-refractivity contribution < 1.29 is 4.39 Å². The summed E-state index contributed by atoms with van der Waals surface area (Å²) < 4.78 is 13.8. The van der Waals surface area contributed by atoms with Gasteiger partial charge in [0.1, 0.15) is 17.5 Å². The highest BCUT2D eigenvalue weighted by atomic mass is 79.9. The molecule has 1 heterocycles. The third kappa shape index (κ3) is 3.64. The Morgan fingerprint density at radius 2 is 2.21 bits per heavy atom. The second kappa shape index (κ2) is 6.30. The van der Waals surface area contributed by atoms with E-state index >= 15 is 0 Å². The van der Waals surface area contributed by atoms with Crippen LogP contribution in [0.5, 0.6) is 0 Å². The number of benzene rings is 1. The van der Waals surface area contributed by atoms with Crippen molar-refractivity contribution in [2.75, 3.05) is 11.9 Å². The molecule has 0 aliphatic carbocycles. The summed E-state index contributed by atoms with van der Waals surface area (Å²) in [6.07, 6.45) is 2.16. The minimum Gasteiger partial charge on any atom is -0.369 e. The summed E-state index contributed by atoms with van der Waals surface area (Å²) >= 11 is 9.37. The van der Waals surface area contributed by atoms with Crippen LogP contribution < -0.4 is 5.32 Å². The van der Waals surface area contributed by atoms with Crippen molar-refractivity contribution in [3.05, 3.63) is 51.1 Å². The van der Waals surface area contributed by atoms with E-state index in [1.54, 1.807) is 12.3 Å². The molecule has 0 unspecified atom stereocenters. The van der Waals surface area contributed by atoms with Crippen LogP contribution in [-0.2, 0) is 6.42 Å². The van der Waals surface area contributed by atoms with Gasteiger partial charge in [-0.25, -0.2) is 14.4 Å². The summed E-state index contributed by atoms with van der Waals surface area (Å²) in [6, 6.07) is 4.32. The van der Waals surface area contributed by atoms with Crippen molar-refractivity contribution in [1.29, 1.82) is 0 Å². The van der Waals surface area contributed by atoms with Gasteiger partial charge in [-0.05, 0) is 40.5 Å². The van der Waals surface area contributed by atoms with E-state index in [-0.39, 0.29) is 5.82 Å². The maximum atomic E-state index is 13.0. The summed E-state index contributed by atoms with van der Waals surface area (Å²) in [6.45, 7) is 2.76. The monoisotopic (exact) mass is 343 g/mol. The molecule has 0 saturated heterocycles. The number of hydrogen-bond acceptors (Lipinski definition) is 3. The van der Waals surface area contributed by atoms with E-state index in [1.807, 2.05) is 6.92 Å². The molecule has 0 spiro atoms. The van der Waals surface area contributed by atoms with Gasteiger partial charge in [0.25, 0.3) is 0 Å². The zero-order valence-electron chi connectivity index (χ0n) is 10.3. The Labute approximate surface area is 124 Å². The van der Waals surface area contributed by atoms with E-state index in [0.717, 1.165) is 22.4 Å². The van der Waals surface area contributed by atoms with Crippen LogP contribution in [-0.4, -0.2) is 16.5 Å². The summed E-state index contributed by atoms with van der Waals surface area (Å²) in [7, 11) is 0. The molecular formula is C13H12BrClFN3. The number of hydrogen-bond donors (Lipinski definition) is 1. The number of nitrogens with zero attached hydrogens (tertiary/aromatic N) is 2. The van der Waals surface area contributed by atoms with Crippen molar-refractivity contribution >= 4 is 33.3 Å². The molecule has 2 aromatic rings. The maximum Gasteiger partial charge on any atom is 0.144 e. The first kappa shape index (κ1) is 14.2. The maximum absolute atomic E-state index is 13.0. The molecule has 0 radical (unpaired) electrons. The Balaban J connectivity index is 2.25. The Bertz CT molecular complexity index is 592. The normalized spacial score (nSPS) is 10.5. The third-order valence-corrected chi connectivity index (χ3v) is 3.43. The molecule has 2 rings (SSSR count). The smallest absolute Gasteiger partial charge is 0.144 e. The molecule has 0 aliphatic heterocycles. The summed E-state index contributed by atoms with van der Waals surface area (Å²) in [5, 5.41) is 3.52.